The summed E-state index contributed by atoms with van der Waals surface area (Å²) in [5, 5.41) is 3.51. The van der Waals surface area contributed by atoms with E-state index in [0.717, 1.165) is 11.8 Å². The van der Waals surface area contributed by atoms with Crippen LogP contribution in [0, 0.1) is 5.82 Å². The molecule has 2 aromatic carbocycles. The molecule has 0 radical (unpaired) electrons. The molecular formula is C20H19BrFN3O3S. The molecule has 1 heterocycles. The molecule has 1 N–H and O–H groups in total. The van der Waals surface area contributed by atoms with Crippen molar-refractivity contribution in [1.29, 1.82) is 0 Å². The van der Waals surface area contributed by atoms with Gasteiger partial charge < -0.3 is 10.1 Å². The van der Waals surface area contributed by atoms with E-state index in [1.54, 1.807) is 35.9 Å². The summed E-state index contributed by atoms with van der Waals surface area (Å²) in [4.78, 5) is 29.7. The van der Waals surface area contributed by atoms with Gasteiger partial charge in [-0.25, -0.2) is 9.37 Å². The van der Waals surface area contributed by atoms with Gasteiger partial charge in [-0.3, -0.25) is 14.2 Å². The van der Waals surface area contributed by atoms with Crippen LogP contribution in [0.2, 0.25) is 0 Å². The SMILES string of the molecule is COCCCn1c(SCC(=O)Nc2ccc(Br)cc2F)nc2ccccc2c1=O. The summed E-state index contributed by atoms with van der Waals surface area (Å²) in [7, 11) is 1.60. The van der Waals surface area contributed by atoms with E-state index in [2.05, 4.69) is 26.2 Å². The fourth-order valence-corrected chi connectivity index (χ4v) is 3.89. The first-order valence-electron chi connectivity index (χ1n) is 8.86. The zero-order valence-corrected chi connectivity index (χ0v) is 18.1. The summed E-state index contributed by atoms with van der Waals surface area (Å²) in [6.07, 6.45) is 0.639. The van der Waals surface area contributed by atoms with Crippen molar-refractivity contribution in [2.24, 2.45) is 0 Å². The third-order valence-corrected chi connectivity index (χ3v) is 5.56. The molecule has 152 valence electrons. The standard InChI is InChI=1S/C20H19BrFN3O3S/c1-28-10-4-9-25-19(27)14-5-2-3-6-16(14)24-20(25)29-12-18(26)23-17-8-7-13(21)11-15(17)22/h2-3,5-8,11H,4,9-10,12H2,1H3,(H,23,26). The molecule has 3 rings (SSSR count). The average molecular weight is 480 g/mol. The first-order valence-corrected chi connectivity index (χ1v) is 10.6. The second-order valence-corrected chi connectivity index (χ2v) is 8.03. The molecule has 6 nitrogen and oxygen atoms in total. The molecule has 0 aliphatic heterocycles. The third kappa shape index (κ3) is 5.43. The minimum atomic E-state index is -0.530. The summed E-state index contributed by atoms with van der Waals surface area (Å²) in [5.74, 6) is -0.926. The minimum Gasteiger partial charge on any atom is -0.385 e. The number of fused-ring (bicyclic) bond motifs is 1. The average Bonchev–Trinajstić information content (AvgIpc) is 2.70. The van der Waals surface area contributed by atoms with Crippen molar-refractivity contribution in [2.45, 2.75) is 18.1 Å². The molecule has 0 saturated carbocycles. The third-order valence-electron chi connectivity index (χ3n) is 4.09. The van der Waals surface area contributed by atoms with Gasteiger partial charge in [-0.05, 0) is 36.8 Å². The molecule has 0 bridgehead atoms. The maximum absolute atomic E-state index is 13.9. The number of amides is 1. The monoisotopic (exact) mass is 479 g/mol. The summed E-state index contributed by atoms with van der Waals surface area (Å²) in [6, 6.07) is 11.5. The van der Waals surface area contributed by atoms with E-state index in [1.165, 1.54) is 12.1 Å². The van der Waals surface area contributed by atoms with Crippen LogP contribution in [0.25, 0.3) is 10.9 Å². The number of hydrogen-bond acceptors (Lipinski definition) is 5. The van der Waals surface area contributed by atoms with E-state index in [4.69, 9.17) is 4.74 Å². The Morgan fingerprint density at radius 1 is 1.31 bits per heavy atom. The maximum atomic E-state index is 13.9. The van der Waals surface area contributed by atoms with Crippen LogP contribution in [0.15, 0.2) is 56.9 Å². The highest BCUT2D eigenvalue weighted by atomic mass is 79.9. The number of anilines is 1. The van der Waals surface area contributed by atoms with Gasteiger partial charge in [0.05, 0.1) is 22.3 Å². The van der Waals surface area contributed by atoms with Gasteiger partial charge in [0.25, 0.3) is 5.56 Å². The van der Waals surface area contributed by atoms with Crippen molar-refractivity contribution in [3.05, 3.63) is 63.1 Å². The molecule has 1 amide bonds. The van der Waals surface area contributed by atoms with Crippen molar-refractivity contribution in [1.82, 2.24) is 9.55 Å². The number of ether oxygens (including phenoxy) is 1. The Morgan fingerprint density at radius 3 is 2.86 bits per heavy atom. The first kappa shape index (κ1) is 21.5. The number of nitrogens with zero attached hydrogens (tertiary/aromatic N) is 2. The molecule has 9 heteroatoms. The van der Waals surface area contributed by atoms with Gasteiger partial charge in [-0.1, -0.05) is 39.8 Å². The van der Waals surface area contributed by atoms with Crippen LogP contribution in [0.1, 0.15) is 6.42 Å². The number of benzene rings is 2. The molecule has 29 heavy (non-hydrogen) atoms. The first-order chi connectivity index (χ1) is 14.0. The number of nitrogens with one attached hydrogen (secondary N) is 1. The van der Waals surface area contributed by atoms with Crippen LogP contribution < -0.4 is 10.9 Å². The van der Waals surface area contributed by atoms with Gasteiger partial charge in [0.2, 0.25) is 5.91 Å². The Labute approximate surface area is 179 Å². The number of halogens is 2. The predicted octanol–water partition coefficient (Wildman–Crippen LogP) is 4.07. The van der Waals surface area contributed by atoms with E-state index < -0.39 is 5.82 Å². The van der Waals surface area contributed by atoms with Gasteiger partial charge >= 0.3 is 0 Å². The molecule has 3 aromatic rings. The molecule has 0 spiro atoms. The molecule has 0 fully saturated rings. The van der Waals surface area contributed by atoms with Crippen molar-refractivity contribution >= 4 is 50.2 Å². The second-order valence-electron chi connectivity index (χ2n) is 6.18. The lowest BCUT2D eigenvalue weighted by Crippen LogP contribution is -2.25. The smallest absolute Gasteiger partial charge is 0.262 e. The Kier molecular flexibility index (Phi) is 7.40. The molecule has 0 aliphatic rings. The van der Waals surface area contributed by atoms with E-state index in [9.17, 15) is 14.0 Å². The summed E-state index contributed by atoms with van der Waals surface area (Å²) >= 11 is 4.32. The Hall–Kier alpha value is -2.23. The number of carbonyl (C=O) groups excluding carboxylic acids is 1. The Balaban J connectivity index is 1.79. The van der Waals surface area contributed by atoms with Crippen LogP contribution >= 0.6 is 27.7 Å². The molecule has 0 unspecified atom stereocenters. The predicted molar refractivity (Wildman–Crippen MR) is 116 cm³/mol. The van der Waals surface area contributed by atoms with Crippen LogP contribution in [-0.4, -0.2) is 34.9 Å². The number of aromatic nitrogens is 2. The number of methoxy groups -OCH3 is 1. The lowest BCUT2D eigenvalue weighted by atomic mass is 10.2. The molecule has 0 saturated heterocycles. The lowest BCUT2D eigenvalue weighted by molar-refractivity contribution is -0.113. The zero-order chi connectivity index (χ0) is 20.8. The van der Waals surface area contributed by atoms with Gasteiger partial charge in [0.15, 0.2) is 5.16 Å². The van der Waals surface area contributed by atoms with Crippen LogP contribution in [0.5, 0.6) is 0 Å². The highest BCUT2D eigenvalue weighted by molar-refractivity contribution is 9.10. The molecular weight excluding hydrogens is 461 g/mol. The van der Waals surface area contributed by atoms with E-state index in [0.29, 0.717) is 40.1 Å². The summed E-state index contributed by atoms with van der Waals surface area (Å²) in [6.45, 7) is 0.933. The highest BCUT2D eigenvalue weighted by Crippen LogP contribution is 2.21. The second kappa shape index (κ2) is 10.00. The number of carbonyl (C=O) groups is 1. The van der Waals surface area contributed by atoms with E-state index in [1.807, 2.05) is 6.07 Å². The number of para-hydroxylation sites is 1. The highest BCUT2D eigenvalue weighted by Gasteiger charge is 2.14. The van der Waals surface area contributed by atoms with E-state index in [-0.39, 0.29) is 22.9 Å². The molecule has 0 aliphatic carbocycles. The largest absolute Gasteiger partial charge is 0.385 e. The van der Waals surface area contributed by atoms with E-state index >= 15 is 0 Å². The van der Waals surface area contributed by atoms with Gasteiger partial charge in [0, 0.05) is 24.7 Å². The van der Waals surface area contributed by atoms with Crippen molar-refractivity contribution in [2.75, 3.05) is 24.8 Å². The normalized spacial score (nSPS) is 11.0. The quantitative estimate of drug-likeness (QED) is 0.299. The summed E-state index contributed by atoms with van der Waals surface area (Å²) < 4.78 is 21.1. The maximum Gasteiger partial charge on any atom is 0.262 e. The van der Waals surface area contributed by atoms with Crippen molar-refractivity contribution < 1.29 is 13.9 Å². The molecule has 0 atom stereocenters. The number of thioether (sulfide) groups is 1. The summed E-state index contributed by atoms with van der Waals surface area (Å²) in [5.41, 5.74) is 0.513. The zero-order valence-electron chi connectivity index (χ0n) is 15.7. The van der Waals surface area contributed by atoms with Crippen molar-refractivity contribution in [3.8, 4) is 0 Å². The Bertz CT molecular complexity index is 1090. The minimum absolute atomic E-state index is 0.00936. The van der Waals surface area contributed by atoms with Gasteiger partial charge in [-0.15, -0.1) is 0 Å². The van der Waals surface area contributed by atoms with Crippen LogP contribution in [0.3, 0.4) is 0 Å². The number of rotatable bonds is 8. The van der Waals surface area contributed by atoms with Gasteiger partial charge in [0.1, 0.15) is 5.82 Å². The molecule has 1 aromatic heterocycles. The fraction of sp³-hybridized carbons (Fsp3) is 0.250. The number of hydrogen-bond donors (Lipinski definition) is 1. The van der Waals surface area contributed by atoms with Gasteiger partial charge in [-0.2, -0.15) is 0 Å². The van der Waals surface area contributed by atoms with Crippen LogP contribution in [0.4, 0.5) is 10.1 Å². The lowest BCUT2D eigenvalue weighted by Gasteiger charge is -2.13. The van der Waals surface area contributed by atoms with Crippen LogP contribution in [-0.2, 0) is 16.1 Å². The fourth-order valence-electron chi connectivity index (χ4n) is 2.73. The van der Waals surface area contributed by atoms with Crippen molar-refractivity contribution in [3.63, 3.8) is 0 Å². The topological polar surface area (TPSA) is 73.2 Å². The Morgan fingerprint density at radius 2 is 2.10 bits per heavy atom.